The van der Waals surface area contributed by atoms with E-state index in [2.05, 4.69) is 192 Å². The van der Waals surface area contributed by atoms with Gasteiger partial charge in [0.15, 0.2) is 0 Å². The molecule has 0 aliphatic heterocycles. The quantitative estimate of drug-likeness (QED) is 0.269. The zero-order chi connectivity index (χ0) is 36.3. The molecule has 0 saturated heterocycles. The van der Waals surface area contributed by atoms with Crippen LogP contribution >= 0.6 is 12.6 Å². The maximum absolute atomic E-state index is 3.03. The Morgan fingerprint density at radius 2 is 0.409 bits per heavy atom. The molecule has 0 aromatic carbocycles. The highest BCUT2D eigenvalue weighted by molar-refractivity contribution is 8.60. The Morgan fingerprint density at radius 3 is 0.500 bits per heavy atom. The lowest BCUT2D eigenvalue weighted by atomic mass is 10.2. The zero-order valence-electron chi connectivity index (χ0n) is 35.9. The molecule has 0 saturated carbocycles. The van der Waals surface area contributed by atoms with Crippen molar-refractivity contribution in [2.24, 2.45) is 0 Å². The molecule has 0 spiro atoms. The minimum absolute atomic E-state index is 0.0318. The fourth-order valence-electron chi connectivity index (χ4n) is 9.29. The van der Waals surface area contributed by atoms with Gasteiger partial charge in [0.05, 0.1) is 15.2 Å². The Bertz CT molecular complexity index is 920. The lowest BCUT2D eigenvalue weighted by molar-refractivity contribution is 0.634. The highest BCUT2D eigenvalue weighted by atomic mass is 32.3. The van der Waals surface area contributed by atoms with Gasteiger partial charge in [-0.05, 0) is 40.3 Å². The molecule has 0 radical (unpaired) electrons. The minimum atomic E-state index is -1.81. The molecule has 0 N–H and O–H groups in total. The number of rotatable bonds is 4. The average Bonchev–Trinajstić information content (AvgIpc) is 2.65. The Labute approximate surface area is 288 Å². The number of hydrogen-bond donors (Lipinski definition) is 0. The predicted molar refractivity (Wildman–Crippen MR) is 230 cm³/mol. The summed E-state index contributed by atoms with van der Waals surface area (Å²) in [4.78, 5) is 0. The number of hydrogen-bond acceptors (Lipinski definition) is 0. The van der Waals surface area contributed by atoms with Gasteiger partial charge >= 0.3 is 0 Å². The van der Waals surface area contributed by atoms with Crippen LogP contribution in [0.2, 0.25) is 66.5 Å². The first-order valence-corrected chi connectivity index (χ1v) is 40.6. The van der Waals surface area contributed by atoms with E-state index in [1.54, 1.807) is 0 Å². The summed E-state index contributed by atoms with van der Waals surface area (Å²) in [5.41, 5.74) is 0. The Balaban J connectivity index is 5.37. The van der Waals surface area contributed by atoms with E-state index < -0.39 is 44.8 Å². The van der Waals surface area contributed by atoms with Crippen LogP contribution < -0.4 is 0 Å². The molecular formula is C36H84P2Si6. The third-order valence-electron chi connectivity index (χ3n) is 14.5. The normalized spacial score (nSPS) is 17.5. The summed E-state index contributed by atoms with van der Waals surface area (Å²) in [5.74, 6) is 0. The van der Waals surface area contributed by atoms with Crippen molar-refractivity contribution in [3.05, 3.63) is 0 Å². The van der Waals surface area contributed by atoms with Gasteiger partial charge in [-0.15, -0.1) is 0 Å². The van der Waals surface area contributed by atoms with Gasteiger partial charge in [0.2, 0.25) is 0 Å². The van der Waals surface area contributed by atoms with E-state index in [1.807, 2.05) is 0 Å². The average molecular weight is 748 g/mol. The largest absolute Gasteiger partial charge is 0.157 e. The molecule has 0 aliphatic rings. The van der Waals surface area contributed by atoms with Crippen molar-refractivity contribution >= 4 is 57.4 Å². The molecule has 8 heteroatoms. The second kappa shape index (κ2) is 11.7. The Hall–Kier alpha value is 1.90. The molecule has 2 unspecified atom stereocenters. The fraction of sp³-hybridized carbons (Fsp3) is 1.00. The molecule has 1 heterocycles. The standard InChI is InChI=1S/C36H84P2Si6/c1-29(2,3)41(25,30(4,5)6)37-38(42(26,31(7,8)9)32(10,11)12)40(44(28,35(19,20)21)36(22,23)24)39(37)43(27,33(13,14)15)34(16,17)18/h1-28H3. The first kappa shape index (κ1) is 43.9. The first-order valence-electron chi connectivity index (χ1n) is 17.8. The molecular weight excluding hydrogens is 663 g/mol. The third kappa shape index (κ3) is 6.23. The topological polar surface area (TPSA) is 0 Å². The SMILES string of the molecule is CC(C)(C)[Si](C)([si]1[si]([Si](C)(C(C)(C)C)C(C)(C)C)p([Si](C)(C(C)(C)C)C(C)(C)C)p1[Si](C)(C(C)(C)C)C(C)(C)C)C(C)(C)C. The van der Waals surface area contributed by atoms with Crippen LogP contribution in [0.1, 0.15) is 166 Å². The van der Waals surface area contributed by atoms with Gasteiger partial charge in [-0.1, -0.05) is 192 Å². The Morgan fingerprint density at radius 1 is 0.273 bits per heavy atom. The van der Waals surface area contributed by atoms with Crippen LogP contribution in [-0.2, 0) is 0 Å². The van der Waals surface area contributed by atoms with E-state index >= 15 is 0 Å². The molecule has 0 aliphatic carbocycles. The van der Waals surface area contributed by atoms with Gasteiger partial charge in [0, 0.05) is 14.1 Å². The molecule has 0 amide bonds. The van der Waals surface area contributed by atoms with Crippen molar-refractivity contribution < 1.29 is 0 Å². The van der Waals surface area contributed by atoms with Gasteiger partial charge < -0.3 is 0 Å². The van der Waals surface area contributed by atoms with E-state index in [4.69, 9.17) is 0 Å². The predicted octanol–water partition coefficient (Wildman–Crippen LogP) is 15.8. The van der Waals surface area contributed by atoms with Crippen LogP contribution in [0.3, 0.4) is 0 Å². The van der Waals surface area contributed by atoms with Gasteiger partial charge in [-0.3, -0.25) is 0 Å². The van der Waals surface area contributed by atoms with Crippen molar-refractivity contribution in [3.63, 3.8) is 0 Å². The van der Waals surface area contributed by atoms with Gasteiger partial charge in [-0.25, -0.2) is 0 Å². The van der Waals surface area contributed by atoms with E-state index in [0.29, 0.717) is 40.3 Å². The zero-order valence-corrected chi connectivity index (χ0v) is 43.7. The Kier molecular flexibility index (Phi) is 11.7. The maximum atomic E-state index is 3.03. The van der Waals surface area contributed by atoms with E-state index in [0.717, 1.165) is 0 Å². The highest BCUT2D eigenvalue weighted by Crippen LogP contribution is 2.82. The van der Waals surface area contributed by atoms with Crippen LogP contribution in [0.4, 0.5) is 0 Å². The van der Waals surface area contributed by atoms with Crippen molar-refractivity contribution in [1.82, 2.24) is 0 Å². The van der Waals surface area contributed by atoms with Crippen LogP contribution in [0.5, 0.6) is 0 Å². The molecule has 1 rings (SSSR count). The maximum Gasteiger partial charge on any atom is 0.111 e. The van der Waals surface area contributed by atoms with E-state index in [1.165, 1.54) is 0 Å². The molecule has 262 valence electrons. The molecule has 1 aromatic rings. The van der Waals surface area contributed by atoms with E-state index in [9.17, 15) is 0 Å². The van der Waals surface area contributed by atoms with Crippen LogP contribution in [0.25, 0.3) is 0 Å². The van der Waals surface area contributed by atoms with Crippen LogP contribution in [-0.4, -0.2) is 44.8 Å². The summed E-state index contributed by atoms with van der Waals surface area (Å²) in [6.07, 6.45) is 0.0635. The summed E-state index contributed by atoms with van der Waals surface area (Å²) in [6.45, 7) is 77.7. The fourth-order valence-corrected chi connectivity index (χ4v) is 306. The monoisotopic (exact) mass is 746 g/mol. The van der Waals surface area contributed by atoms with Gasteiger partial charge in [-0.2, -0.15) is 12.6 Å². The molecule has 44 heavy (non-hydrogen) atoms. The molecule has 0 nitrogen and oxygen atoms in total. The van der Waals surface area contributed by atoms with Gasteiger partial charge in [0.25, 0.3) is 0 Å². The lowest BCUT2D eigenvalue weighted by Crippen LogP contribution is -2.70. The first-order chi connectivity index (χ1) is 18.5. The lowest BCUT2D eigenvalue weighted by Gasteiger charge is -2.67. The third-order valence-corrected chi connectivity index (χ3v) is 170. The van der Waals surface area contributed by atoms with Crippen molar-refractivity contribution in [1.29, 1.82) is 0 Å². The summed E-state index contributed by atoms with van der Waals surface area (Å²) in [5, 5.41) is 3.36. The smallest absolute Gasteiger partial charge is 0.111 e. The molecule has 0 fully saturated rings. The second-order valence-corrected chi connectivity index (χ2v) is 90.2. The molecule has 2 atom stereocenters. The van der Waals surface area contributed by atoms with Crippen LogP contribution in [0.15, 0.2) is 0 Å². The molecule has 0 bridgehead atoms. The van der Waals surface area contributed by atoms with Crippen molar-refractivity contribution in [2.45, 2.75) is 233 Å². The molecule has 1 aromatic heterocycles. The van der Waals surface area contributed by atoms with Crippen molar-refractivity contribution in [3.8, 4) is 0 Å². The van der Waals surface area contributed by atoms with Crippen LogP contribution in [0, 0.1) is 0 Å². The summed E-state index contributed by atoms with van der Waals surface area (Å²) in [7, 11) is -8.35. The summed E-state index contributed by atoms with van der Waals surface area (Å²) < 4.78 is 0. The van der Waals surface area contributed by atoms with E-state index in [-0.39, 0.29) is 12.6 Å². The minimum Gasteiger partial charge on any atom is -0.157 e. The van der Waals surface area contributed by atoms with Gasteiger partial charge in [0.1, 0.15) is 15.5 Å². The summed E-state index contributed by atoms with van der Waals surface area (Å²) >= 11 is 0. The summed E-state index contributed by atoms with van der Waals surface area (Å²) in [6, 6.07) is 0. The highest BCUT2D eigenvalue weighted by Gasteiger charge is 2.68. The van der Waals surface area contributed by atoms with Crippen molar-refractivity contribution in [2.75, 3.05) is 0 Å². The second-order valence-electron chi connectivity index (χ2n) is 23.7.